The Bertz CT molecular complexity index is 1730. The van der Waals surface area contributed by atoms with Crippen LogP contribution in [0.2, 0.25) is 10.3 Å². The summed E-state index contributed by atoms with van der Waals surface area (Å²) in [6.07, 6.45) is 2.36. The van der Waals surface area contributed by atoms with Crippen LogP contribution >= 0.6 is 34.5 Å². The zero-order valence-corrected chi connectivity index (χ0v) is 26.3. The lowest BCUT2D eigenvalue weighted by atomic mass is 9.93. The third kappa shape index (κ3) is 6.59. The first-order chi connectivity index (χ1) is 21.4. The summed E-state index contributed by atoms with van der Waals surface area (Å²) >= 11 is 14.4. The predicted molar refractivity (Wildman–Crippen MR) is 166 cm³/mol. The molecular formula is C27H29Cl2F3N10O2S. The summed E-state index contributed by atoms with van der Waals surface area (Å²) in [4.78, 5) is 31.6. The SMILES string of the molecule is Cc1csc2c(-n3nc(Nc4cnc(N5CCN([C@H]6CC7CCC6C7)CC5)c(Cl)c4)nc3N)nc(Cl)nc12.O=C(O)C(F)(F)F. The van der Waals surface area contributed by atoms with Gasteiger partial charge in [-0.2, -0.15) is 27.8 Å². The molecular weight excluding hydrogens is 656 g/mol. The summed E-state index contributed by atoms with van der Waals surface area (Å²) in [6, 6.07) is 2.63. The molecule has 2 unspecified atom stereocenters. The monoisotopic (exact) mass is 684 g/mol. The molecule has 0 aromatic carbocycles. The van der Waals surface area contributed by atoms with Crippen LogP contribution in [-0.2, 0) is 4.79 Å². The van der Waals surface area contributed by atoms with E-state index in [1.807, 2.05) is 18.4 Å². The average molecular weight is 686 g/mol. The van der Waals surface area contributed by atoms with E-state index in [4.69, 9.17) is 38.8 Å². The maximum atomic E-state index is 10.6. The number of hydrogen-bond donors (Lipinski definition) is 3. The minimum atomic E-state index is -5.08. The van der Waals surface area contributed by atoms with Gasteiger partial charge in [0.15, 0.2) is 5.82 Å². The number of fused-ring (bicyclic) bond motifs is 3. The zero-order valence-electron chi connectivity index (χ0n) is 23.9. The fourth-order valence-corrected chi connectivity index (χ4v) is 7.86. The Hall–Kier alpha value is -3.47. The van der Waals surface area contributed by atoms with Crippen molar-refractivity contribution in [1.82, 2.24) is 34.6 Å². The summed E-state index contributed by atoms with van der Waals surface area (Å²) in [6.45, 7) is 5.98. The molecule has 3 atom stereocenters. The number of nitrogens with two attached hydrogens (primary N) is 1. The highest BCUT2D eigenvalue weighted by Gasteiger charge is 2.43. The van der Waals surface area contributed by atoms with Crippen LogP contribution in [0.15, 0.2) is 17.6 Å². The molecule has 4 aromatic heterocycles. The molecule has 2 aliphatic carbocycles. The normalized spacial score (nSPS) is 21.6. The number of carboxylic acid groups (broad SMARTS) is 1. The van der Waals surface area contributed by atoms with E-state index >= 15 is 0 Å². The fraction of sp³-hybridized carbons (Fsp3) is 0.481. The van der Waals surface area contributed by atoms with Crippen LogP contribution < -0.4 is 16.0 Å². The van der Waals surface area contributed by atoms with Crippen molar-refractivity contribution in [3.8, 4) is 5.82 Å². The van der Waals surface area contributed by atoms with E-state index in [9.17, 15) is 13.2 Å². The van der Waals surface area contributed by atoms with Crippen molar-refractivity contribution in [1.29, 1.82) is 0 Å². The second-order valence-electron chi connectivity index (χ2n) is 11.3. The molecule has 3 aliphatic rings. The molecule has 18 heteroatoms. The van der Waals surface area contributed by atoms with Crippen molar-refractivity contribution in [2.24, 2.45) is 11.8 Å². The van der Waals surface area contributed by atoms with E-state index in [0.717, 1.165) is 65.7 Å². The van der Waals surface area contributed by atoms with E-state index in [0.29, 0.717) is 22.5 Å². The second-order valence-corrected chi connectivity index (χ2v) is 13.0. The number of nitrogen functional groups attached to an aromatic ring is 1. The minimum absolute atomic E-state index is 0.126. The van der Waals surface area contributed by atoms with Gasteiger partial charge < -0.3 is 21.1 Å². The van der Waals surface area contributed by atoms with Crippen molar-refractivity contribution < 1.29 is 23.1 Å². The number of anilines is 4. The van der Waals surface area contributed by atoms with Gasteiger partial charge in [0, 0.05) is 32.2 Å². The number of aryl methyl sites for hydroxylation is 1. The molecule has 0 spiro atoms. The molecule has 240 valence electrons. The zero-order chi connectivity index (χ0) is 32.0. The van der Waals surface area contributed by atoms with E-state index in [2.05, 4.69) is 40.2 Å². The summed E-state index contributed by atoms with van der Waals surface area (Å²) in [5, 5.41) is 17.5. The standard InChI is InChI=1S/C25H28Cl2N10S.C2HF3O2/c1-13-12-38-20-19(13)31-23(27)32-22(20)37-24(28)33-25(34-37)30-16-10-17(26)21(29-11-16)36-6-4-35(5-7-36)18-9-14-2-3-15(18)8-14;3-2(4,5)1(6)7/h10-12,14-15,18H,2-9H2,1H3,(H3,28,30,33,34);(H,6,7)/t14?,15?,18-;/m0./s1. The van der Waals surface area contributed by atoms with E-state index in [1.54, 1.807) is 6.20 Å². The average Bonchev–Trinajstić information content (AvgIpc) is 3.78. The number of halogens is 5. The lowest BCUT2D eigenvalue weighted by Gasteiger charge is -2.41. The van der Waals surface area contributed by atoms with Gasteiger partial charge in [-0.15, -0.1) is 16.4 Å². The third-order valence-corrected chi connectivity index (χ3v) is 10.0. The van der Waals surface area contributed by atoms with Gasteiger partial charge in [0.2, 0.25) is 17.2 Å². The van der Waals surface area contributed by atoms with Crippen LogP contribution in [0, 0.1) is 18.8 Å². The van der Waals surface area contributed by atoms with Crippen molar-refractivity contribution >= 4 is 74.1 Å². The number of rotatable bonds is 5. The highest BCUT2D eigenvalue weighted by atomic mass is 35.5. The molecule has 1 aliphatic heterocycles. The first kappa shape index (κ1) is 31.5. The Morgan fingerprint density at radius 2 is 1.84 bits per heavy atom. The number of pyridine rings is 1. The Balaban J connectivity index is 0.000000460. The first-order valence-corrected chi connectivity index (χ1v) is 15.9. The number of hydrogen-bond acceptors (Lipinski definition) is 11. The molecule has 3 fully saturated rings. The van der Waals surface area contributed by atoms with E-state index in [1.165, 1.54) is 41.7 Å². The molecule has 12 nitrogen and oxygen atoms in total. The first-order valence-electron chi connectivity index (χ1n) is 14.2. The number of nitrogens with one attached hydrogen (secondary N) is 1. The molecule has 4 aromatic rings. The van der Waals surface area contributed by atoms with Gasteiger partial charge in [-0.05, 0) is 66.6 Å². The van der Waals surface area contributed by atoms with Crippen LogP contribution in [-0.4, -0.2) is 84.1 Å². The second kappa shape index (κ2) is 12.4. The Labute approximate surface area is 269 Å². The molecule has 7 rings (SSSR count). The third-order valence-electron chi connectivity index (χ3n) is 8.48. The molecule has 1 saturated heterocycles. The largest absolute Gasteiger partial charge is 0.490 e. The summed E-state index contributed by atoms with van der Waals surface area (Å²) < 4.78 is 34.0. The van der Waals surface area contributed by atoms with Gasteiger partial charge in [-0.3, -0.25) is 4.90 Å². The van der Waals surface area contributed by atoms with E-state index < -0.39 is 12.1 Å². The number of carbonyl (C=O) groups is 1. The summed E-state index contributed by atoms with van der Waals surface area (Å²) in [7, 11) is 0. The lowest BCUT2D eigenvalue weighted by Crippen LogP contribution is -2.52. The topological polar surface area (TPSA) is 151 Å². The quantitative estimate of drug-likeness (QED) is 0.227. The molecule has 0 amide bonds. The highest BCUT2D eigenvalue weighted by molar-refractivity contribution is 7.17. The van der Waals surface area contributed by atoms with Gasteiger partial charge in [0.25, 0.3) is 0 Å². The number of nitrogens with zero attached hydrogens (tertiary/aromatic N) is 8. The van der Waals surface area contributed by atoms with Gasteiger partial charge in [0.1, 0.15) is 5.82 Å². The predicted octanol–water partition coefficient (Wildman–Crippen LogP) is 5.55. The van der Waals surface area contributed by atoms with Gasteiger partial charge in [-0.25, -0.2) is 14.8 Å². The smallest absolute Gasteiger partial charge is 0.475 e. The van der Waals surface area contributed by atoms with Crippen LogP contribution in [0.25, 0.3) is 16.0 Å². The molecule has 4 N–H and O–H groups in total. The van der Waals surface area contributed by atoms with E-state index in [-0.39, 0.29) is 11.2 Å². The molecule has 2 saturated carbocycles. The van der Waals surface area contributed by atoms with Crippen molar-refractivity contribution in [3.63, 3.8) is 0 Å². The van der Waals surface area contributed by atoms with Crippen molar-refractivity contribution in [3.05, 3.63) is 33.5 Å². The van der Waals surface area contributed by atoms with Crippen molar-refractivity contribution in [2.45, 2.75) is 44.8 Å². The van der Waals surface area contributed by atoms with Gasteiger partial charge >= 0.3 is 12.1 Å². The number of carboxylic acids is 1. The van der Waals surface area contributed by atoms with Crippen molar-refractivity contribution in [2.75, 3.05) is 42.1 Å². The Morgan fingerprint density at radius 1 is 1.11 bits per heavy atom. The highest BCUT2D eigenvalue weighted by Crippen LogP contribution is 2.47. The Kier molecular flexibility index (Phi) is 8.67. The maximum Gasteiger partial charge on any atom is 0.490 e. The fourth-order valence-electron chi connectivity index (χ4n) is 6.45. The molecule has 5 heterocycles. The number of aliphatic carboxylic acids is 1. The Morgan fingerprint density at radius 3 is 2.47 bits per heavy atom. The van der Waals surface area contributed by atoms with Crippen LogP contribution in [0.1, 0.15) is 31.2 Å². The van der Waals surface area contributed by atoms with Gasteiger partial charge in [0.05, 0.1) is 27.1 Å². The molecule has 0 radical (unpaired) electrons. The van der Waals surface area contributed by atoms with Crippen LogP contribution in [0.4, 0.5) is 36.6 Å². The summed E-state index contributed by atoms with van der Waals surface area (Å²) in [5.74, 6) is 0.919. The lowest BCUT2D eigenvalue weighted by molar-refractivity contribution is -0.192. The van der Waals surface area contributed by atoms with Crippen LogP contribution in [0.3, 0.4) is 0 Å². The number of aromatic nitrogens is 6. The molecule has 2 bridgehead atoms. The number of alkyl halides is 3. The number of piperazine rings is 1. The maximum absolute atomic E-state index is 10.6. The minimum Gasteiger partial charge on any atom is -0.475 e. The van der Waals surface area contributed by atoms with Crippen LogP contribution in [0.5, 0.6) is 0 Å². The summed E-state index contributed by atoms with van der Waals surface area (Å²) in [5.41, 5.74) is 8.67. The van der Waals surface area contributed by atoms with Gasteiger partial charge in [-0.1, -0.05) is 18.0 Å². The molecule has 45 heavy (non-hydrogen) atoms. The number of thiophene rings is 1.